The Bertz CT molecular complexity index is 1150. The molecule has 1 aromatic heterocycles. The number of carboxylic acids is 2. The molecule has 2 N–H and O–H groups in total. The number of nitrogens with zero attached hydrogens (tertiary/aromatic N) is 1. The highest BCUT2D eigenvalue weighted by molar-refractivity contribution is 5.86. The number of hydrogen-bond acceptors (Lipinski definition) is 8. The molecule has 0 aliphatic heterocycles. The normalized spacial score (nSPS) is 10.5. The van der Waals surface area contributed by atoms with Crippen molar-refractivity contribution in [3.63, 3.8) is 0 Å². The second-order valence-electron chi connectivity index (χ2n) is 6.37. The monoisotopic (exact) mass is 427 g/mol. The molecule has 1 heterocycles. The van der Waals surface area contributed by atoms with Crippen molar-refractivity contribution in [2.75, 3.05) is 18.0 Å². The molecule has 3 rings (SSSR count). The standard InChI is InChI=1S/C21H17NO9/c23-18(24)10-22(11-19(25)26)14-6-7-16-13(8-20(27)31-17(16)9-14)12-29-21(28)30-15-4-2-1-3-5-15/h1-9H,10-12H2,(H,23,24)(H,25,26). The average Bonchev–Trinajstić information content (AvgIpc) is 2.71. The number of rotatable bonds is 8. The quantitative estimate of drug-likeness (QED) is 0.312. The van der Waals surface area contributed by atoms with Crippen LogP contribution in [0.3, 0.4) is 0 Å². The summed E-state index contributed by atoms with van der Waals surface area (Å²) in [6.45, 7) is -1.40. The van der Waals surface area contributed by atoms with Crippen molar-refractivity contribution in [3.8, 4) is 5.75 Å². The molecule has 0 amide bonds. The molecule has 10 heteroatoms. The van der Waals surface area contributed by atoms with Gasteiger partial charge in [0.15, 0.2) is 0 Å². The lowest BCUT2D eigenvalue weighted by atomic mass is 10.1. The second-order valence-corrected chi connectivity index (χ2v) is 6.37. The van der Waals surface area contributed by atoms with Gasteiger partial charge in [0.25, 0.3) is 0 Å². The van der Waals surface area contributed by atoms with Crippen molar-refractivity contribution in [1.29, 1.82) is 0 Å². The molecule has 3 aromatic rings. The molecule has 0 saturated carbocycles. The number of carbonyl (C=O) groups excluding carboxylic acids is 1. The number of benzene rings is 2. The van der Waals surface area contributed by atoms with Gasteiger partial charge in [-0.2, -0.15) is 0 Å². The van der Waals surface area contributed by atoms with Gasteiger partial charge in [-0.15, -0.1) is 0 Å². The van der Waals surface area contributed by atoms with Crippen LogP contribution in [0.2, 0.25) is 0 Å². The second kappa shape index (κ2) is 9.44. The smallest absolute Gasteiger partial charge is 0.480 e. The minimum absolute atomic E-state index is 0.0841. The van der Waals surface area contributed by atoms with Crippen molar-refractivity contribution in [1.82, 2.24) is 0 Å². The first-order valence-corrected chi connectivity index (χ1v) is 8.97. The Morgan fingerprint density at radius 2 is 1.61 bits per heavy atom. The summed E-state index contributed by atoms with van der Waals surface area (Å²) in [7, 11) is 0. The third-order valence-electron chi connectivity index (χ3n) is 4.12. The van der Waals surface area contributed by atoms with E-state index in [-0.39, 0.29) is 17.9 Å². The first-order valence-electron chi connectivity index (χ1n) is 8.97. The number of anilines is 1. The zero-order valence-electron chi connectivity index (χ0n) is 16.0. The topological polar surface area (TPSA) is 144 Å². The Morgan fingerprint density at radius 1 is 0.935 bits per heavy atom. The Morgan fingerprint density at radius 3 is 2.26 bits per heavy atom. The highest BCUT2D eigenvalue weighted by atomic mass is 16.7. The lowest BCUT2D eigenvalue weighted by Gasteiger charge is -2.21. The molecule has 0 aliphatic carbocycles. The number of hydrogen-bond donors (Lipinski definition) is 2. The summed E-state index contributed by atoms with van der Waals surface area (Å²) in [5.74, 6) is -2.14. The van der Waals surface area contributed by atoms with Crippen LogP contribution >= 0.6 is 0 Å². The summed E-state index contributed by atoms with van der Waals surface area (Å²) < 4.78 is 15.2. The SMILES string of the molecule is O=C(O)CN(CC(=O)O)c1ccc2c(COC(=O)Oc3ccccc3)cc(=O)oc2c1. The number of fused-ring (bicyclic) bond motifs is 1. The maximum absolute atomic E-state index is 11.9. The van der Waals surface area contributed by atoms with Crippen LogP contribution < -0.4 is 15.3 Å². The molecule has 0 aliphatic rings. The maximum Gasteiger partial charge on any atom is 0.514 e. The molecule has 31 heavy (non-hydrogen) atoms. The summed E-state index contributed by atoms with van der Waals surface area (Å²) in [5.41, 5.74) is -0.0589. The highest BCUT2D eigenvalue weighted by Gasteiger charge is 2.17. The van der Waals surface area contributed by atoms with Gasteiger partial charge >= 0.3 is 23.7 Å². The van der Waals surface area contributed by atoms with Gasteiger partial charge in [-0.05, 0) is 24.3 Å². The zero-order chi connectivity index (χ0) is 22.4. The lowest BCUT2D eigenvalue weighted by Crippen LogP contribution is -2.34. The lowest BCUT2D eigenvalue weighted by molar-refractivity contribution is -0.136. The summed E-state index contributed by atoms with van der Waals surface area (Å²) in [5, 5.41) is 18.5. The van der Waals surface area contributed by atoms with E-state index in [0.717, 1.165) is 11.0 Å². The minimum atomic E-state index is -1.22. The van der Waals surface area contributed by atoms with Crippen LogP contribution in [0.25, 0.3) is 11.0 Å². The van der Waals surface area contributed by atoms with Crippen LogP contribution in [-0.4, -0.2) is 41.4 Å². The molecule has 160 valence electrons. The first kappa shape index (κ1) is 21.4. The highest BCUT2D eigenvalue weighted by Crippen LogP contribution is 2.24. The van der Waals surface area contributed by atoms with Crippen LogP contribution in [-0.2, 0) is 20.9 Å². The molecular formula is C21H17NO9. The first-order chi connectivity index (χ1) is 14.8. The predicted molar refractivity (Wildman–Crippen MR) is 107 cm³/mol. The van der Waals surface area contributed by atoms with Gasteiger partial charge < -0.3 is 29.0 Å². The number of carboxylic acid groups (broad SMARTS) is 2. The molecule has 10 nitrogen and oxygen atoms in total. The number of carbonyl (C=O) groups is 3. The fourth-order valence-electron chi connectivity index (χ4n) is 2.85. The van der Waals surface area contributed by atoms with Gasteiger partial charge in [0.1, 0.15) is 31.0 Å². The summed E-state index contributed by atoms with van der Waals surface area (Å²) >= 11 is 0. The van der Waals surface area contributed by atoms with Crippen LogP contribution in [0.1, 0.15) is 5.56 Å². The van der Waals surface area contributed by atoms with Crippen molar-refractivity contribution in [2.45, 2.75) is 6.61 Å². The Balaban J connectivity index is 1.82. The van der Waals surface area contributed by atoms with E-state index in [4.69, 9.17) is 24.1 Å². The van der Waals surface area contributed by atoms with E-state index in [2.05, 4.69) is 0 Å². The fraction of sp³-hybridized carbons (Fsp3) is 0.143. The van der Waals surface area contributed by atoms with Gasteiger partial charge in [0.05, 0.1) is 0 Å². The van der Waals surface area contributed by atoms with Crippen molar-refractivity contribution < 1.29 is 38.5 Å². The predicted octanol–water partition coefficient (Wildman–Crippen LogP) is 2.48. The van der Waals surface area contributed by atoms with Crippen LogP contribution in [0.4, 0.5) is 10.5 Å². The molecule has 0 radical (unpaired) electrons. The number of para-hydroxylation sites is 1. The van der Waals surface area contributed by atoms with E-state index in [1.807, 2.05) is 0 Å². The number of ether oxygens (including phenoxy) is 2. The minimum Gasteiger partial charge on any atom is -0.480 e. The van der Waals surface area contributed by atoms with Gasteiger partial charge in [-0.3, -0.25) is 9.59 Å². The van der Waals surface area contributed by atoms with Crippen molar-refractivity contribution in [3.05, 3.63) is 70.6 Å². The molecule has 0 spiro atoms. The van der Waals surface area contributed by atoms with Crippen LogP contribution in [0.15, 0.2) is 63.8 Å². The van der Waals surface area contributed by atoms with E-state index in [1.54, 1.807) is 30.3 Å². The third-order valence-corrected chi connectivity index (χ3v) is 4.12. The van der Waals surface area contributed by atoms with E-state index in [0.29, 0.717) is 16.7 Å². The Kier molecular flexibility index (Phi) is 6.51. The van der Waals surface area contributed by atoms with Gasteiger partial charge in [0.2, 0.25) is 0 Å². The van der Waals surface area contributed by atoms with Gasteiger partial charge in [-0.1, -0.05) is 18.2 Å². The fourth-order valence-corrected chi connectivity index (χ4v) is 2.85. The Hall–Kier alpha value is -4.34. The van der Waals surface area contributed by atoms with E-state index in [9.17, 15) is 19.2 Å². The molecule has 0 saturated heterocycles. The van der Waals surface area contributed by atoms with Crippen molar-refractivity contribution >= 4 is 34.8 Å². The molecular weight excluding hydrogens is 410 g/mol. The molecule has 0 atom stereocenters. The number of aliphatic carboxylic acids is 2. The summed E-state index contributed by atoms with van der Waals surface area (Å²) in [4.78, 5) is 47.0. The van der Waals surface area contributed by atoms with Crippen LogP contribution in [0, 0.1) is 0 Å². The van der Waals surface area contributed by atoms with Crippen LogP contribution in [0.5, 0.6) is 5.75 Å². The Labute approximate surface area is 174 Å². The third kappa shape index (κ3) is 5.82. The van der Waals surface area contributed by atoms with E-state index < -0.39 is 36.8 Å². The zero-order valence-corrected chi connectivity index (χ0v) is 16.0. The van der Waals surface area contributed by atoms with E-state index >= 15 is 0 Å². The largest absolute Gasteiger partial charge is 0.514 e. The van der Waals surface area contributed by atoms with Gasteiger partial charge in [0, 0.05) is 28.8 Å². The van der Waals surface area contributed by atoms with Gasteiger partial charge in [-0.25, -0.2) is 9.59 Å². The summed E-state index contributed by atoms with van der Waals surface area (Å²) in [6, 6.07) is 13.8. The molecule has 2 aromatic carbocycles. The summed E-state index contributed by atoms with van der Waals surface area (Å²) in [6.07, 6.45) is -0.960. The molecule has 0 bridgehead atoms. The van der Waals surface area contributed by atoms with E-state index in [1.165, 1.54) is 18.2 Å². The van der Waals surface area contributed by atoms with Crippen molar-refractivity contribution in [2.24, 2.45) is 0 Å². The molecule has 0 fully saturated rings. The molecule has 0 unspecified atom stereocenters. The maximum atomic E-state index is 11.9. The average molecular weight is 427 g/mol.